The van der Waals surface area contributed by atoms with Gasteiger partial charge in [-0.15, -0.1) is 0 Å². The van der Waals surface area contributed by atoms with Crippen LogP contribution in [-0.2, 0) is 16.1 Å². The van der Waals surface area contributed by atoms with E-state index in [1.54, 1.807) is 7.05 Å². The van der Waals surface area contributed by atoms with Crippen LogP contribution in [0.15, 0.2) is 29.3 Å². The van der Waals surface area contributed by atoms with Gasteiger partial charge in [-0.1, -0.05) is 19.1 Å². The summed E-state index contributed by atoms with van der Waals surface area (Å²) in [6, 6.07) is 7.63. The van der Waals surface area contributed by atoms with Gasteiger partial charge in [-0.05, 0) is 44.9 Å². The molecule has 0 radical (unpaired) electrons. The number of anilines is 1. The van der Waals surface area contributed by atoms with Gasteiger partial charge in [0.1, 0.15) is 0 Å². The molecule has 0 fully saturated rings. The molecular formula is C19H31N5O2. The summed E-state index contributed by atoms with van der Waals surface area (Å²) in [6.45, 7) is 8.45. The average Bonchev–Trinajstić information content (AvgIpc) is 2.54. The van der Waals surface area contributed by atoms with Crippen molar-refractivity contribution >= 4 is 23.5 Å². The predicted molar refractivity (Wildman–Crippen MR) is 106 cm³/mol. The maximum atomic E-state index is 11.9. The predicted octanol–water partition coefficient (Wildman–Crippen LogP) is 2.00. The smallest absolute Gasteiger partial charge is 0.239 e. The molecule has 0 heterocycles. The van der Waals surface area contributed by atoms with Gasteiger partial charge in [-0.25, -0.2) is 0 Å². The number of rotatable bonds is 7. The van der Waals surface area contributed by atoms with Crippen LogP contribution in [0.25, 0.3) is 0 Å². The molecule has 0 unspecified atom stereocenters. The zero-order valence-electron chi connectivity index (χ0n) is 16.4. The van der Waals surface area contributed by atoms with Gasteiger partial charge in [-0.2, -0.15) is 0 Å². The molecule has 1 rings (SSSR count). The molecule has 0 spiro atoms. The van der Waals surface area contributed by atoms with Crippen LogP contribution in [0.4, 0.5) is 5.69 Å². The van der Waals surface area contributed by atoms with Gasteiger partial charge in [0, 0.05) is 31.2 Å². The summed E-state index contributed by atoms with van der Waals surface area (Å²) in [5, 5.41) is 11.9. The number of carbonyl (C=O) groups is 2. The minimum atomic E-state index is -0.266. The first-order valence-electron chi connectivity index (χ1n) is 8.88. The summed E-state index contributed by atoms with van der Waals surface area (Å²) in [5.74, 6) is 0.454. The van der Waals surface area contributed by atoms with Crippen molar-refractivity contribution in [2.24, 2.45) is 4.99 Å². The van der Waals surface area contributed by atoms with E-state index in [1.165, 1.54) is 0 Å². The second kappa shape index (κ2) is 10.4. The molecule has 2 amide bonds. The first kappa shape index (κ1) is 21.5. The number of guanidine groups is 1. The van der Waals surface area contributed by atoms with Gasteiger partial charge in [-0.3, -0.25) is 14.6 Å². The highest BCUT2D eigenvalue weighted by Crippen LogP contribution is 2.11. The number of nitrogens with one attached hydrogen (secondary N) is 4. The van der Waals surface area contributed by atoms with Gasteiger partial charge in [0.25, 0.3) is 0 Å². The van der Waals surface area contributed by atoms with Gasteiger partial charge in [0.15, 0.2) is 5.96 Å². The Morgan fingerprint density at radius 2 is 1.85 bits per heavy atom. The molecule has 0 saturated carbocycles. The summed E-state index contributed by atoms with van der Waals surface area (Å²) < 4.78 is 0. The van der Waals surface area contributed by atoms with E-state index in [0.717, 1.165) is 17.7 Å². The summed E-state index contributed by atoms with van der Waals surface area (Å²) in [5.41, 5.74) is 1.51. The molecule has 4 N–H and O–H groups in total. The fourth-order valence-electron chi connectivity index (χ4n) is 2.24. The lowest BCUT2D eigenvalue weighted by Crippen LogP contribution is -2.48. The molecule has 0 aliphatic rings. The Labute approximate surface area is 156 Å². The molecule has 26 heavy (non-hydrogen) atoms. The Bertz CT molecular complexity index is 635. The van der Waals surface area contributed by atoms with Crippen molar-refractivity contribution in [2.45, 2.75) is 52.6 Å². The van der Waals surface area contributed by atoms with E-state index in [-0.39, 0.29) is 23.9 Å². The monoisotopic (exact) mass is 361 g/mol. The van der Waals surface area contributed by atoms with Crippen LogP contribution in [0.1, 0.15) is 46.1 Å². The Kier molecular flexibility index (Phi) is 8.61. The first-order chi connectivity index (χ1) is 12.2. The fourth-order valence-corrected chi connectivity index (χ4v) is 2.24. The largest absolute Gasteiger partial charge is 0.352 e. The van der Waals surface area contributed by atoms with Crippen LogP contribution in [0.2, 0.25) is 0 Å². The second-order valence-corrected chi connectivity index (χ2v) is 7.08. The number of aliphatic imine (C=N–C) groups is 1. The van der Waals surface area contributed by atoms with E-state index < -0.39 is 0 Å². The third-order valence-corrected chi connectivity index (χ3v) is 3.30. The average molecular weight is 361 g/mol. The molecule has 0 aromatic heterocycles. The number of hydrogen-bond donors (Lipinski definition) is 4. The lowest BCUT2D eigenvalue weighted by Gasteiger charge is -2.21. The highest BCUT2D eigenvalue weighted by Gasteiger charge is 2.13. The molecular weight excluding hydrogens is 330 g/mol. The minimum absolute atomic E-state index is 0.0138. The molecule has 7 nitrogen and oxygen atoms in total. The zero-order valence-corrected chi connectivity index (χ0v) is 16.4. The molecule has 1 aromatic rings. The van der Waals surface area contributed by atoms with Crippen LogP contribution in [0.3, 0.4) is 0 Å². The van der Waals surface area contributed by atoms with Crippen LogP contribution >= 0.6 is 0 Å². The van der Waals surface area contributed by atoms with E-state index in [4.69, 9.17) is 0 Å². The Balaban J connectivity index is 2.51. The molecule has 0 aliphatic carbocycles. The van der Waals surface area contributed by atoms with Crippen molar-refractivity contribution in [3.05, 3.63) is 29.8 Å². The zero-order chi connectivity index (χ0) is 19.6. The van der Waals surface area contributed by atoms with E-state index in [9.17, 15) is 9.59 Å². The van der Waals surface area contributed by atoms with Crippen molar-refractivity contribution < 1.29 is 9.59 Å². The van der Waals surface area contributed by atoms with Crippen molar-refractivity contribution in [2.75, 3.05) is 18.9 Å². The molecule has 7 heteroatoms. The van der Waals surface area contributed by atoms with E-state index in [1.807, 2.05) is 52.0 Å². The summed E-state index contributed by atoms with van der Waals surface area (Å²) >= 11 is 0. The van der Waals surface area contributed by atoms with Crippen molar-refractivity contribution in [1.29, 1.82) is 0 Å². The number of benzene rings is 1. The molecule has 1 aromatic carbocycles. The SMILES string of the molecule is CCCC(=O)Nc1cccc(CNC(=NC)NCC(=O)NC(C)(C)C)c1. The Hall–Kier alpha value is -2.57. The lowest BCUT2D eigenvalue weighted by molar-refractivity contribution is -0.121. The standard InChI is InChI=1S/C19H31N5O2/c1-6-8-16(25)23-15-10-7-9-14(11-15)12-21-18(20-5)22-13-17(26)24-19(2,3)4/h7,9-11H,6,8,12-13H2,1-5H3,(H,23,25)(H,24,26)(H2,20,21,22). The van der Waals surface area contributed by atoms with Crippen molar-refractivity contribution in [1.82, 2.24) is 16.0 Å². The van der Waals surface area contributed by atoms with Crippen molar-refractivity contribution in [3.63, 3.8) is 0 Å². The van der Waals surface area contributed by atoms with E-state index in [2.05, 4.69) is 26.3 Å². The lowest BCUT2D eigenvalue weighted by atomic mass is 10.1. The van der Waals surface area contributed by atoms with Crippen molar-refractivity contribution in [3.8, 4) is 0 Å². The number of carbonyl (C=O) groups excluding carboxylic acids is 2. The van der Waals surface area contributed by atoms with Crippen LogP contribution < -0.4 is 21.3 Å². The molecule has 0 aliphatic heterocycles. The van der Waals surface area contributed by atoms with Gasteiger partial charge < -0.3 is 21.3 Å². The van der Waals surface area contributed by atoms with Crippen LogP contribution in [0.5, 0.6) is 0 Å². The normalized spacial score (nSPS) is 11.7. The van der Waals surface area contributed by atoms with Crippen LogP contribution in [0, 0.1) is 0 Å². The third-order valence-electron chi connectivity index (χ3n) is 3.30. The highest BCUT2D eigenvalue weighted by molar-refractivity contribution is 5.90. The van der Waals surface area contributed by atoms with Crippen LogP contribution in [-0.4, -0.2) is 36.9 Å². The maximum absolute atomic E-state index is 11.9. The number of amides is 2. The molecule has 0 saturated heterocycles. The first-order valence-corrected chi connectivity index (χ1v) is 8.88. The van der Waals surface area contributed by atoms with E-state index in [0.29, 0.717) is 18.9 Å². The maximum Gasteiger partial charge on any atom is 0.239 e. The minimum Gasteiger partial charge on any atom is -0.352 e. The third kappa shape index (κ3) is 9.05. The van der Waals surface area contributed by atoms with Gasteiger partial charge >= 0.3 is 0 Å². The second-order valence-electron chi connectivity index (χ2n) is 7.08. The van der Waals surface area contributed by atoms with Gasteiger partial charge in [0.05, 0.1) is 6.54 Å². The van der Waals surface area contributed by atoms with Gasteiger partial charge in [0.2, 0.25) is 11.8 Å². The topological polar surface area (TPSA) is 94.6 Å². The fraction of sp³-hybridized carbons (Fsp3) is 0.526. The number of nitrogens with zero attached hydrogens (tertiary/aromatic N) is 1. The number of hydrogen-bond acceptors (Lipinski definition) is 3. The molecule has 144 valence electrons. The van der Waals surface area contributed by atoms with E-state index >= 15 is 0 Å². The summed E-state index contributed by atoms with van der Waals surface area (Å²) in [7, 11) is 1.65. The Morgan fingerprint density at radius 3 is 2.46 bits per heavy atom. The quantitative estimate of drug-likeness (QED) is 0.441. The molecule has 0 bridgehead atoms. The molecule has 0 atom stereocenters. The Morgan fingerprint density at radius 1 is 1.12 bits per heavy atom. The summed E-state index contributed by atoms with van der Waals surface area (Å²) in [6.07, 6.45) is 1.33. The highest BCUT2D eigenvalue weighted by atomic mass is 16.2. The summed E-state index contributed by atoms with van der Waals surface area (Å²) in [4.78, 5) is 27.7.